The van der Waals surface area contributed by atoms with E-state index in [2.05, 4.69) is 6.58 Å². The molecule has 0 heterocycles. The number of benzene rings is 1. The third-order valence-corrected chi connectivity index (χ3v) is 1.42. The number of allylic oxidation sites excluding steroid dienone is 1. The maximum absolute atomic E-state index is 12.6. The Labute approximate surface area is 71.5 Å². The number of hydrogen-bond acceptors (Lipinski definition) is 1. The van der Waals surface area contributed by atoms with Gasteiger partial charge in [-0.05, 0) is 37.6 Å². The van der Waals surface area contributed by atoms with Gasteiger partial charge in [0.05, 0.1) is 5.76 Å². The van der Waals surface area contributed by atoms with Crippen LogP contribution < -0.4 is 4.74 Å². The summed E-state index contributed by atoms with van der Waals surface area (Å²) < 4.78 is 17.8. The van der Waals surface area contributed by atoms with E-state index in [4.69, 9.17) is 4.74 Å². The summed E-state index contributed by atoms with van der Waals surface area (Å²) in [7, 11) is 0. The SMILES string of the molecule is C=C(C)Oc1ccc(F)cc1C. The van der Waals surface area contributed by atoms with Crippen LogP contribution >= 0.6 is 0 Å². The first kappa shape index (κ1) is 8.78. The zero-order valence-corrected chi connectivity index (χ0v) is 7.23. The summed E-state index contributed by atoms with van der Waals surface area (Å²) >= 11 is 0. The summed E-state index contributed by atoms with van der Waals surface area (Å²) in [6, 6.07) is 4.39. The molecule has 0 spiro atoms. The van der Waals surface area contributed by atoms with E-state index in [-0.39, 0.29) is 5.82 Å². The minimum absolute atomic E-state index is 0.249. The van der Waals surface area contributed by atoms with Gasteiger partial charge < -0.3 is 4.74 Å². The average Bonchev–Trinajstić information content (AvgIpc) is 1.94. The topological polar surface area (TPSA) is 9.23 Å². The Morgan fingerprint density at radius 1 is 1.50 bits per heavy atom. The second-order valence-electron chi connectivity index (χ2n) is 2.71. The molecule has 12 heavy (non-hydrogen) atoms. The molecule has 0 radical (unpaired) electrons. The van der Waals surface area contributed by atoms with E-state index < -0.39 is 0 Å². The molecule has 0 saturated carbocycles. The number of ether oxygens (including phenoxy) is 1. The third kappa shape index (κ3) is 2.09. The second-order valence-corrected chi connectivity index (χ2v) is 2.71. The van der Waals surface area contributed by atoms with Crippen molar-refractivity contribution in [3.05, 3.63) is 41.9 Å². The van der Waals surface area contributed by atoms with Gasteiger partial charge in [-0.1, -0.05) is 6.58 Å². The molecule has 0 aromatic heterocycles. The van der Waals surface area contributed by atoms with E-state index in [1.807, 2.05) is 0 Å². The van der Waals surface area contributed by atoms with E-state index in [0.717, 1.165) is 5.56 Å². The van der Waals surface area contributed by atoms with Gasteiger partial charge in [0.15, 0.2) is 0 Å². The highest BCUT2D eigenvalue weighted by Gasteiger charge is 2.00. The molecule has 0 N–H and O–H groups in total. The standard InChI is InChI=1S/C10H11FO/c1-7(2)12-10-5-4-9(11)6-8(10)3/h4-6H,1H2,2-3H3. The fourth-order valence-electron chi connectivity index (χ4n) is 0.915. The molecule has 0 aliphatic heterocycles. The maximum Gasteiger partial charge on any atom is 0.129 e. The van der Waals surface area contributed by atoms with Crippen molar-refractivity contribution >= 4 is 0 Å². The van der Waals surface area contributed by atoms with E-state index in [1.165, 1.54) is 12.1 Å². The quantitative estimate of drug-likeness (QED) is 0.613. The van der Waals surface area contributed by atoms with E-state index in [0.29, 0.717) is 11.5 Å². The van der Waals surface area contributed by atoms with Crippen LogP contribution in [0, 0.1) is 12.7 Å². The first-order valence-corrected chi connectivity index (χ1v) is 3.69. The molecule has 1 rings (SSSR count). The molecule has 0 saturated heterocycles. The van der Waals surface area contributed by atoms with Crippen molar-refractivity contribution in [1.29, 1.82) is 0 Å². The number of rotatable bonds is 2. The molecule has 0 fully saturated rings. The van der Waals surface area contributed by atoms with Gasteiger partial charge in [0.2, 0.25) is 0 Å². The summed E-state index contributed by atoms with van der Waals surface area (Å²) in [4.78, 5) is 0. The minimum Gasteiger partial charge on any atom is -0.462 e. The Morgan fingerprint density at radius 2 is 2.17 bits per heavy atom. The highest BCUT2D eigenvalue weighted by molar-refractivity contribution is 5.33. The smallest absolute Gasteiger partial charge is 0.129 e. The van der Waals surface area contributed by atoms with Gasteiger partial charge in [0, 0.05) is 0 Å². The van der Waals surface area contributed by atoms with Gasteiger partial charge in [0.25, 0.3) is 0 Å². The lowest BCUT2D eigenvalue weighted by molar-refractivity contribution is 0.426. The van der Waals surface area contributed by atoms with Crippen LogP contribution in [0.2, 0.25) is 0 Å². The molecule has 1 aromatic carbocycles. The van der Waals surface area contributed by atoms with Gasteiger partial charge in [-0.25, -0.2) is 4.39 Å². The summed E-state index contributed by atoms with van der Waals surface area (Å²) in [5, 5.41) is 0. The molecule has 0 amide bonds. The Balaban J connectivity index is 2.93. The maximum atomic E-state index is 12.6. The fraction of sp³-hybridized carbons (Fsp3) is 0.200. The first-order valence-electron chi connectivity index (χ1n) is 3.69. The predicted octanol–water partition coefficient (Wildman–Crippen LogP) is 3.05. The molecule has 0 unspecified atom stereocenters. The van der Waals surface area contributed by atoms with Crippen molar-refractivity contribution in [2.45, 2.75) is 13.8 Å². The number of hydrogen-bond donors (Lipinski definition) is 0. The van der Waals surface area contributed by atoms with Crippen LogP contribution in [0.5, 0.6) is 5.75 Å². The van der Waals surface area contributed by atoms with E-state index in [1.54, 1.807) is 19.9 Å². The van der Waals surface area contributed by atoms with Gasteiger partial charge in [0.1, 0.15) is 11.6 Å². The van der Waals surface area contributed by atoms with Crippen molar-refractivity contribution in [2.75, 3.05) is 0 Å². The van der Waals surface area contributed by atoms with Gasteiger partial charge >= 0.3 is 0 Å². The van der Waals surface area contributed by atoms with Gasteiger partial charge in [-0.2, -0.15) is 0 Å². The molecule has 1 nitrogen and oxygen atoms in total. The van der Waals surface area contributed by atoms with Crippen LogP contribution in [0.1, 0.15) is 12.5 Å². The number of halogens is 1. The normalized spacial score (nSPS) is 9.58. The van der Waals surface area contributed by atoms with Crippen molar-refractivity contribution in [2.24, 2.45) is 0 Å². The zero-order chi connectivity index (χ0) is 9.14. The highest BCUT2D eigenvalue weighted by atomic mass is 19.1. The van der Waals surface area contributed by atoms with Crippen LogP contribution in [0.4, 0.5) is 4.39 Å². The third-order valence-electron chi connectivity index (χ3n) is 1.42. The molecule has 0 bridgehead atoms. The minimum atomic E-state index is -0.249. The first-order chi connectivity index (χ1) is 5.59. The lowest BCUT2D eigenvalue weighted by Gasteiger charge is -2.06. The molecule has 1 aromatic rings. The van der Waals surface area contributed by atoms with Crippen molar-refractivity contribution in [3.63, 3.8) is 0 Å². The van der Waals surface area contributed by atoms with Crippen LogP contribution in [-0.4, -0.2) is 0 Å². The monoisotopic (exact) mass is 166 g/mol. The van der Waals surface area contributed by atoms with Gasteiger partial charge in [-0.15, -0.1) is 0 Å². The second kappa shape index (κ2) is 3.39. The molecule has 0 atom stereocenters. The predicted molar refractivity (Wildman–Crippen MR) is 46.6 cm³/mol. The summed E-state index contributed by atoms with van der Waals surface area (Å²) in [6.45, 7) is 7.14. The average molecular weight is 166 g/mol. The highest BCUT2D eigenvalue weighted by Crippen LogP contribution is 2.19. The molecule has 2 heteroatoms. The largest absolute Gasteiger partial charge is 0.462 e. The Morgan fingerprint density at radius 3 is 2.67 bits per heavy atom. The van der Waals surface area contributed by atoms with Crippen LogP contribution in [0.3, 0.4) is 0 Å². The molecule has 0 aliphatic carbocycles. The van der Waals surface area contributed by atoms with Gasteiger partial charge in [-0.3, -0.25) is 0 Å². The van der Waals surface area contributed by atoms with Crippen molar-refractivity contribution < 1.29 is 9.13 Å². The molecular formula is C10H11FO. The van der Waals surface area contributed by atoms with Crippen LogP contribution in [-0.2, 0) is 0 Å². The van der Waals surface area contributed by atoms with Crippen LogP contribution in [0.15, 0.2) is 30.5 Å². The zero-order valence-electron chi connectivity index (χ0n) is 7.23. The summed E-state index contributed by atoms with van der Waals surface area (Å²) in [5.41, 5.74) is 0.776. The Bertz CT molecular complexity index is 305. The Hall–Kier alpha value is -1.31. The van der Waals surface area contributed by atoms with E-state index in [9.17, 15) is 4.39 Å². The van der Waals surface area contributed by atoms with E-state index >= 15 is 0 Å². The molecule has 64 valence electrons. The summed E-state index contributed by atoms with van der Waals surface area (Å²) in [6.07, 6.45) is 0. The molecular weight excluding hydrogens is 155 g/mol. The molecule has 0 aliphatic rings. The van der Waals surface area contributed by atoms with Crippen molar-refractivity contribution in [3.8, 4) is 5.75 Å². The Kier molecular flexibility index (Phi) is 2.48. The fourth-order valence-corrected chi connectivity index (χ4v) is 0.915. The van der Waals surface area contributed by atoms with Crippen LogP contribution in [0.25, 0.3) is 0 Å². The lowest BCUT2D eigenvalue weighted by atomic mass is 10.2. The van der Waals surface area contributed by atoms with Crippen molar-refractivity contribution in [1.82, 2.24) is 0 Å². The summed E-state index contributed by atoms with van der Waals surface area (Å²) in [5.74, 6) is 1.01. The lowest BCUT2D eigenvalue weighted by Crippen LogP contribution is -1.91. The number of aryl methyl sites for hydroxylation is 1.